The first-order valence-electron chi connectivity index (χ1n) is 10.3. The van der Waals surface area contributed by atoms with Gasteiger partial charge in [0.05, 0.1) is 18.4 Å². The van der Waals surface area contributed by atoms with E-state index in [-0.39, 0.29) is 23.2 Å². The molecule has 0 spiro atoms. The van der Waals surface area contributed by atoms with Crippen LogP contribution < -0.4 is 21.5 Å². The lowest BCUT2D eigenvalue weighted by atomic mass is 10.2. The van der Waals surface area contributed by atoms with Gasteiger partial charge in [-0.1, -0.05) is 11.3 Å². The lowest BCUT2D eigenvalue weighted by Gasteiger charge is -2.35. The monoisotopic (exact) mass is 441 g/mol. The quantitative estimate of drug-likeness (QED) is 0.594. The van der Waals surface area contributed by atoms with Crippen molar-refractivity contribution in [3.05, 3.63) is 49.9 Å². The third-order valence-electron chi connectivity index (χ3n) is 5.75. The summed E-state index contributed by atoms with van der Waals surface area (Å²) in [4.78, 5) is 53.2. The molecule has 5 rings (SSSR count). The first kappa shape index (κ1) is 19.9. The van der Waals surface area contributed by atoms with E-state index >= 15 is 0 Å². The van der Waals surface area contributed by atoms with Gasteiger partial charge in [0.2, 0.25) is 0 Å². The second-order valence-electron chi connectivity index (χ2n) is 7.87. The van der Waals surface area contributed by atoms with Gasteiger partial charge in [-0.05, 0) is 25.0 Å². The summed E-state index contributed by atoms with van der Waals surface area (Å²) in [6, 6.07) is 3.68. The molecule has 162 valence electrons. The molecule has 0 unspecified atom stereocenters. The molecule has 0 aromatic carbocycles. The summed E-state index contributed by atoms with van der Waals surface area (Å²) in [6.45, 7) is 3.99. The summed E-state index contributed by atoms with van der Waals surface area (Å²) >= 11 is 1.38. The first-order valence-corrected chi connectivity index (χ1v) is 11.1. The van der Waals surface area contributed by atoms with Crippen molar-refractivity contribution in [1.29, 1.82) is 0 Å². The minimum Gasteiger partial charge on any atom is -0.368 e. The number of hydrogen-bond donors (Lipinski definition) is 2. The maximum absolute atomic E-state index is 12.7. The Morgan fingerprint density at radius 3 is 2.65 bits per heavy atom. The van der Waals surface area contributed by atoms with Crippen LogP contribution in [0.1, 0.15) is 34.4 Å². The molecule has 31 heavy (non-hydrogen) atoms. The number of carbonyl (C=O) groups excluding carboxylic acids is 1. The highest BCUT2D eigenvalue weighted by Gasteiger charge is 2.28. The molecule has 1 aliphatic heterocycles. The number of aromatic nitrogens is 4. The molecular weight excluding hydrogens is 418 g/mol. The molecule has 10 nitrogen and oxygen atoms in total. The zero-order chi connectivity index (χ0) is 21.5. The van der Waals surface area contributed by atoms with E-state index in [0.29, 0.717) is 22.6 Å². The Kier molecular flexibility index (Phi) is 5.06. The molecule has 0 radical (unpaired) electrons. The van der Waals surface area contributed by atoms with Gasteiger partial charge < -0.3 is 10.2 Å². The fourth-order valence-corrected chi connectivity index (χ4v) is 4.87. The van der Waals surface area contributed by atoms with E-state index in [1.807, 2.05) is 6.07 Å². The molecule has 2 N–H and O–H groups in total. The molecule has 0 atom stereocenters. The zero-order valence-electron chi connectivity index (χ0n) is 17.1. The van der Waals surface area contributed by atoms with Gasteiger partial charge in [0.1, 0.15) is 15.5 Å². The van der Waals surface area contributed by atoms with Crippen molar-refractivity contribution in [2.24, 2.45) is 0 Å². The third kappa shape index (κ3) is 3.86. The van der Waals surface area contributed by atoms with Crippen molar-refractivity contribution in [3.8, 4) is 0 Å². The van der Waals surface area contributed by atoms with Crippen molar-refractivity contribution in [2.75, 3.05) is 38.1 Å². The second kappa shape index (κ2) is 7.89. The predicted molar refractivity (Wildman–Crippen MR) is 118 cm³/mol. The van der Waals surface area contributed by atoms with E-state index in [1.165, 1.54) is 15.9 Å². The number of nitrogens with one attached hydrogen (secondary N) is 2. The molecule has 2 aliphatic rings. The Morgan fingerprint density at radius 1 is 1.23 bits per heavy atom. The van der Waals surface area contributed by atoms with E-state index in [1.54, 1.807) is 19.3 Å². The number of pyridine rings is 1. The van der Waals surface area contributed by atoms with Crippen molar-refractivity contribution in [3.63, 3.8) is 0 Å². The van der Waals surface area contributed by atoms with Gasteiger partial charge in [-0.15, -0.1) is 0 Å². The van der Waals surface area contributed by atoms with E-state index in [4.69, 9.17) is 0 Å². The number of fused-ring (bicyclic) bond motifs is 1. The van der Waals surface area contributed by atoms with Gasteiger partial charge in [0, 0.05) is 39.3 Å². The van der Waals surface area contributed by atoms with Crippen LogP contribution in [0.5, 0.6) is 0 Å². The first-order chi connectivity index (χ1) is 15.0. The molecule has 1 amide bonds. The molecule has 2 fully saturated rings. The number of nitrogens with zero attached hydrogens (tertiary/aromatic N) is 5. The van der Waals surface area contributed by atoms with E-state index < -0.39 is 0 Å². The Hall–Kier alpha value is -3.05. The highest BCUT2D eigenvalue weighted by molar-refractivity contribution is 7.18. The standard InChI is InChI=1S/C20H23N7O3S/c1-21-17(28)14-5-4-13(10-22-14)26-8-6-25(7-9-26)11-15-23-16-18(31-15)24-20(30)27(19(16)29)12-2-3-12/h4-5,10,12H,2-3,6-9,11H2,1H3,(H,21,28)(H,24,30). The Labute approximate surface area is 181 Å². The van der Waals surface area contributed by atoms with Crippen molar-refractivity contribution in [2.45, 2.75) is 25.4 Å². The van der Waals surface area contributed by atoms with Crippen LogP contribution in [-0.2, 0) is 6.54 Å². The summed E-state index contributed by atoms with van der Waals surface area (Å²) in [5.74, 6) is -0.197. The number of piperazine rings is 1. The average Bonchev–Trinajstić information content (AvgIpc) is 3.53. The van der Waals surface area contributed by atoms with Gasteiger partial charge in [-0.2, -0.15) is 0 Å². The summed E-state index contributed by atoms with van der Waals surface area (Å²) in [5, 5.41) is 3.40. The zero-order valence-corrected chi connectivity index (χ0v) is 17.9. The van der Waals surface area contributed by atoms with Crippen molar-refractivity contribution < 1.29 is 4.79 Å². The van der Waals surface area contributed by atoms with Crippen LogP contribution in [0.2, 0.25) is 0 Å². The Balaban J connectivity index is 1.25. The van der Waals surface area contributed by atoms with Gasteiger partial charge in [-0.3, -0.25) is 24.0 Å². The molecule has 4 heterocycles. The largest absolute Gasteiger partial charge is 0.368 e. The molecule has 3 aromatic heterocycles. The maximum Gasteiger partial charge on any atom is 0.329 e. The molecule has 3 aromatic rings. The van der Waals surface area contributed by atoms with Gasteiger partial charge in [0.15, 0.2) is 5.52 Å². The average molecular weight is 442 g/mol. The van der Waals surface area contributed by atoms with Crippen LogP contribution in [0.25, 0.3) is 10.3 Å². The number of amides is 1. The van der Waals surface area contributed by atoms with Gasteiger partial charge in [0.25, 0.3) is 11.5 Å². The molecular formula is C20H23N7O3S. The maximum atomic E-state index is 12.7. The SMILES string of the molecule is CNC(=O)c1ccc(N2CCN(Cc3nc4c(=O)n(C5CC5)c(=O)[nH]c4s3)CC2)cn1. The van der Waals surface area contributed by atoms with E-state index in [0.717, 1.165) is 49.7 Å². The number of rotatable bonds is 5. The summed E-state index contributed by atoms with van der Waals surface area (Å²) in [5.41, 5.74) is 1.15. The number of H-pyrrole nitrogens is 1. The number of carbonyl (C=O) groups is 1. The molecule has 11 heteroatoms. The normalized spacial score (nSPS) is 17.3. The molecule has 1 saturated heterocycles. The van der Waals surface area contributed by atoms with Crippen LogP contribution in [0.3, 0.4) is 0 Å². The minimum absolute atomic E-state index is 0.0267. The lowest BCUT2D eigenvalue weighted by Crippen LogP contribution is -2.46. The van der Waals surface area contributed by atoms with E-state index in [2.05, 4.69) is 30.1 Å². The number of aromatic amines is 1. The van der Waals surface area contributed by atoms with E-state index in [9.17, 15) is 14.4 Å². The number of thiazole rings is 1. The fraction of sp³-hybridized carbons (Fsp3) is 0.450. The van der Waals surface area contributed by atoms with Crippen LogP contribution in [-0.4, -0.2) is 63.6 Å². The fourth-order valence-electron chi connectivity index (χ4n) is 3.88. The minimum atomic E-state index is -0.333. The number of hydrogen-bond acceptors (Lipinski definition) is 8. The summed E-state index contributed by atoms with van der Waals surface area (Å²) in [6.07, 6.45) is 3.48. The Morgan fingerprint density at radius 2 is 2.00 bits per heavy atom. The molecule has 1 saturated carbocycles. The number of anilines is 1. The van der Waals surface area contributed by atoms with Crippen LogP contribution >= 0.6 is 11.3 Å². The molecule has 0 bridgehead atoms. The third-order valence-corrected chi connectivity index (χ3v) is 6.70. The predicted octanol–water partition coefficient (Wildman–Crippen LogP) is 0.558. The highest BCUT2D eigenvalue weighted by Crippen LogP contribution is 2.32. The van der Waals surface area contributed by atoms with Gasteiger partial charge >= 0.3 is 5.69 Å². The second-order valence-corrected chi connectivity index (χ2v) is 8.95. The lowest BCUT2D eigenvalue weighted by molar-refractivity contribution is 0.0958. The van der Waals surface area contributed by atoms with Crippen LogP contribution in [0.15, 0.2) is 27.9 Å². The Bertz CT molecular complexity index is 1230. The molecule has 1 aliphatic carbocycles. The van der Waals surface area contributed by atoms with Crippen LogP contribution in [0.4, 0.5) is 5.69 Å². The van der Waals surface area contributed by atoms with Crippen molar-refractivity contribution in [1.82, 2.24) is 29.7 Å². The highest BCUT2D eigenvalue weighted by atomic mass is 32.1. The smallest absolute Gasteiger partial charge is 0.329 e. The van der Waals surface area contributed by atoms with Crippen LogP contribution in [0, 0.1) is 0 Å². The summed E-state index contributed by atoms with van der Waals surface area (Å²) < 4.78 is 1.31. The van der Waals surface area contributed by atoms with Gasteiger partial charge in [-0.25, -0.2) is 14.8 Å². The topological polar surface area (TPSA) is 116 Å². The summed E-state index contributed by atoms with van der Waals surface area (Å²) in [7, 11) is 1.59. The van der Waals surface area contributed by atoms with Crippen molar-refractivity contribution >= 4 is 33.3 Å².